The molecule has 2 aromatic rings. The van der Waals surface area contributed by atoms with Gasteiger partial charge in [-0.25, -0.2) is 4.79 Å². The molecule has 0 saturated carbocycles. The number of anilines is 1. The number of carbonyl (C=O) groups excluding carboxylic acids is 2. The molecule has 168 valence electrons. The van der Waals surface area contributed by atoms with Gasteiger partial charge in [-0.2, -0.15) is 0 Å². The maximum absolute atomic E-state index is 12.7. The summed E-state index contributed by atoms with van der Waals surface area (Å²) < 4.78 is 2.26. The quantitative estimate of drug-likeness (QED) is 0.798. The van der Waals surface area contributed by atoms with E-state index in [4.69, 9.17) is 0 Å². The molecule has 2 aliphatic heterocycles. The van der Waals surface area contributed by atoms with Crippen LogP contribution < -0.4 is 5.32 Å². The van der Waals surface area contributed by atoms with Crippen LogP contribution in [-0.4, -0.2) is 77.0 Å². The molecule has 31 heavy (non-hydrogen) atoms. The number of likely N-dealkylation sites (tertiary alicyclic amines) is 1. The SMILES string of the molecule is CC(C)Cn1ccc2cc(NC(=O)N3CCN(CC(=O)N4CCCCC4)CC3)ccc21. The van der Waals surface area contributed by atoms with E-state index in [1.54, 1.807) is 0 Å². The fourth-order valence-corrected chi connectivity index (χ4v) is 4.58. The highest BCUT2D eigenvalue weighted by Gasteiger charge is 2.25. The van der Waals surface area contributed by atoms with Gasteiger partial charge in [-0.15, -0.1) is 0 Å². The standard InChI is InChI=1S/C24H35N5O2/c1-19(2)17-29-11-8-20-16-21(6-7-22(20)29)25-24(31)28-14-12-26(13-15-28)18-23(30)27-9-4-3-5-10-27/h6-8,11,16,19H,3-5,9-10,12-15,17-18H2,1-2H3,(H,25,31). The van der Waals surface area contributed by atoms with Crippen molar-refractivity contribution >= 4 is 28.5 Å². The van der Waals surface area contributed by atoms with Crippen molar-refractivity contribution < 1.29 is 9.59 Å². The Kier molecular flexibility index (Phi) is 6.80. The third-order valence-corrected chi connectivity index (χ3v) is 6.31. The summed E-state index contributed by atoms with van der Waals surface area (Å²) in [5.41, 5.74) is 2.01. The second kappa shape index (κ2) is 9.73. The van der Waals surface area contributed by atoms with E-state index in [-0.39, 0.29) is 11.9 Å². The lowest BCUT2D eigenvalue weighted by molar-refractivity contribution is -0.133. The lowest BCUT2D eigenvalue weighted by Gasteiger charge is -2.36. The Morgan fingerprint density at radius 1 is 0.935 bits per heavy atom. The summed E-state index contributed by atoms with van der Waals surface area (Å²) in [7, 11) is 0. The maximum Gasteiger partial charge on any atom is 0.321 e. The first-order valence-electron chi connectivity index (χ1n) is 11.6. The highest BCUT2D eigenvalue weighted by atomic mass is 16.2. The highest BCUT2D eigenvalue weighted by molar-refractivity contribution is 5.93. The van der Waals surface area contributed by atoms with Crippen LogP contribution in [0.5, 0.6) is 0 Å². The first-order chi connectivity index (χ1) is 15.0. The van der Waals surface area contributed by atoms with Gasteiger partial charge in [0.25, 0.3) is 0 Å². The van der Waals surface area contributed by atoms with E-state index in [0.29, 0.717) is 25.6 Å². The van der Waals surface area contributed by atoms with Gasteiger partial charge in [-0.3, -0.25) is 9.69 Å². The molecule has 1 N–H and O–H groups in total. The Morgan fingerprint density at radius 2 is 1.68 bits per heavy atom. The molecule has 2 fully saturated rings. The molecular formula is C24H35N5O2. The van der Waals surface area contributed by atoms with Crippen LogP contribution in [0.2, 0.25) is 0 Å². The Hall–Kier alpha value is -2.54. The number of nitrogens with zero attached hydrogens (tertiary/aromatic N) is 4. The number of rotatable bonds is 5. The summed E-state index contributed by atoms with van der Waals surface area (Å²) in [5, 5.41) is 4.18. The van der Waals surface area contributed by atoms with Gasteiger partial charge >= 0.3 is 6.03 Å². The number of piperazine rings is 1. The van der Waals surface area contributed by atoms with E-state index < -0.39 is 0 Å². The van der Waals surface area contributed by atoms with E-state index in [1.807, 2.05) is 21.9 Å². The monoisotopic (exact) mass is 425 g/mol. The van der Waals surface area contributed by atoms with E-state index in [2.05, 4.69) is 47.0 Å². The van der Waals surface area contributed by atoms with Gasteiger partial charge in [0.1, 0.15) is 0 Å². The molecule has 3 amide bonds. The average molecular weight is 426 g/mol. The number of urea groups is 1. The van der Waals surface area contributed by atoms with E-state index >= 15 is 0 Å². The second-order valence-electron chi connectivity index (χ2n) is 9.27. The van der Waals surface area contributed by atoms with Gasteiger partial charge in [0.15, 0.2) is 0 Å². The van der Waals surface area contributed by atoms with Gasteiger partial charge in [-0.05, 0) is 49.4 Å². The maximum atomic E-state index is 12.7. The zero-order chi connectivity index (χ0) is 21.8. The Bertz CT molecular complexity index is 908. The van der Waals surface area contributed by atoms with Crippen LogP contribution in [0, 0.1) is 5.92 Å². The van der Waals surface area contributed by atoms with Crippen molar-refractivity contribution in [3.05, 3.63) is 30.5 Å². The fourth-order valence-electron chi connectivity index (χ4n) is 4.58. The van der Waals surface area contributed by atoms with E-state index in [9.17, 15) is 9.59 Å². The van der Waals surface area contributed by atoms with Crippen molar-refractivity contribution in [2.24, 2.45) is 5.92 Å². The van der Waals surface area contributed by atoms with Crippen molar-refractivity contribution in [3.63, 3.8) is 0 Å². The van der Waals surface area contributed by atoms with Crippen LogP contribution in [0.15, 0.2) is 30.5 Å². The summed E-state index contributed by atoms with van der Waals surface area (Å²) in [5.74, 6) is 0.819. The van der Waals surface area contributed by atoms with Crippen molar-refractivity contribution in [1.82, 2.24) is 19.3 Å². The predicted octanol–water partition coefficient (Wildman–Crippen LogP) is 3.46. The van der Waals surface area contributed by atoms with Crippen molar-refractivity contribution in [2.45, 2.75) is 39.7 Å². The first-order valence-corrected chi connectivity index (χ1v) is 11.6. The summed E-state index contributed by atoms with van der Waals surface area (Å²) in [6.45, 7) is 10.4. The van der Waals surface area contributed by atoms with Crippen molar-refractivity contribution in [1.29, 1.82) is 0 Å². The minimum Gasteiger partial charge on any atom is -0.347 e. The number of amides is 3. The number of hydrogen-bond acceptors (Lipinski definition) is 3. The number of piperidine rings is 1. The summed E-state index contributed by atoms with van der Waals surface area (Å²) in [6, 6.07) is 8.13. The molecule has 2 saturated heterocycles. The van der Waals surface area contributed by atoms with Crippen LogP contribution >= 0.6 is 0 Å². The average Bonchev–Trinajstić information content (AvgIpc) is 3.16. The molecule has 3 heterocycles. The van der Waals surface area contributed by atoms with E-state index in [1.165, 1.54) is 11.9 Å². The third-order valence-electron chi connectivity index (χ3n) is 6.31. The molecular weight excluding hydrogens is 390 g/mol. The molecule has 0 bridgehead atoms. The summed E-state index contributed by atoms with van der Waals surface area (Å²) >= 11 is 0. The first kappa shape index (κ1) is 21.7. The molecule has 0 atom stereocenters. The molecule has 0 unspecified atom stereocenters. The number of nitrogens with one attached hydrogen (secondary N) is 1. The van der Waals surface area contributed by atoms with Crippen LogP contribution in [-0.2, 0) is 11.3 Å². The second-order valence-corrected chi connectivity index (χ2v) is 9.27. The zero-order valence-electron chi connectivity index (χ0n) is 18.8. The van der Waals surface area contributed by atoms with Gasteiger partial charge in [0.05, 0.1) is 6.54 Å². The van der Waals surface area contributed by atoms with Crippen LogP contribution in [0.1, 0.15) is 33.1 Å². The zero-order valence-corrected chi connectivity index (χ0v) is 18.8. The molecule has 4 rings (SSSR count). The molecule has 0 spiro atoms. The Labute approximate surface area is 185 Å². The van der Waals surface area contributed by atoms with Crippen molar-refractivity contribution in [3.8, 4) is 0 Å². The summed E-state index contributed by atoms with van der Waals surface area (Å²) in [4.78, 5) is 31.2. The van der Waals surface area contributed by atoms with Crippen LogP contribution in [0.25, 0.3) is 10.9 Å². The number of carbonyl (C=O) groups is 2. The number of benzene rings is 1. The van der Waals surface area contributed by atoms with Crippen LogP contribution in [0.4, 0.5) is 10.5 Å². The minimum atomic E-state index is -0.0667. The van der Waals surface area contributed by atoms with Gasteiger partial charge in [-0.1, -0.05) is 13.8 Å². The molecule has 0 radical (unpaired) electrons. The molecule has 2 aliphatic rings. The Morgan fingerprint density at radius 3 is 2.39 bits per heavy atom. The number of hydrogen-bond donors (Lipinski definition) is 1. The Balaban J connectivity index is 1.27. The largest absolute Gasteiger partial charge is 0.347 e. The van der Waals surface area contributed by atoms with Gasteiger partial charge in [0, 0.05) is 68.6 Å². The predicted molar refractivity (Wildman–Crippen MR) is 124 cm³/mol. The summed E-state index contributed by atoms with van der Waals surface area (Å²) in [6.07, 6.45) is 5.58. The number of aromatic nitrogens is 1. The van der Waals surface area contributed by atoms with Crippen LogP contribution in [0.3, 0.4) is 0 Å². The highest BCUT2D eigenvalue weighted by Crippen LogP contribution is 2.22. The van der Waals surface area contributed by atoms with Gasteiger partial charge < -0.3 is 19.7 Å². The number of fused-ring (bicyclic) bond motifs is 1. The van der Waals surface area contributed by atoms with Crippen molar-refractivity contribution in [2.75, 3.05) is 51.1 Å². The smallest absolute Gasteiger partial charge is 0.321 e. The minimum absolute atomic E-state index is 0.0667. The molecule has 1 aromatic heterocycles. The lowest BCUT2D eigenvalue weighted by atomic mass is 10.1. The van der Waals surface area contributed by atoms with E-state index in [0.717, 1.165) is 56.6 Å². The molecule has 7 heteroatoms. The molecule has 7 nitrogen and oxygen atoms in total. The molecule has 0 aliphatic carbocycles. The molecule has 1 aromatic carbocycles. The third kappa shape index (κ3) is 5.39. The normalized spacial score (nSPS) is 18.0. The fraction of sp³-hybridized carbons (Fsp3) is 0.583. The van der Waals surface area contributed by atoms with Gasteiger partial charge in [0.2, 0.25) is 5.91 Å². The lowest BCUT2D eigenvalue weighted by Crippen LogP contribution is -2.52. The topological polar surface area (TPSA) is 60.8 Å².